The summed E-state index contributed by atoms with van der Waals surface area (Å²) in [6.07, 6.45) is 1.85. The Hall–Kier alpha value is -2.13. The van der Waals surface area contributed by atoms with E-state index in [1.54, 1.807) is 0 Å². The lowest BCUT2D eigenvalue weighted by Gasteiger charge is -2.19. The van der Waals surface area contributed by atoms with E-state index in [1.807, 2.05) is 24.0 Å². The first-order valence-corrected chi connectivity index (χ1v) is 6.93. The molecule has 102 valence electrons. The molecule has 20 heavy (non-hydrogen) atoms. The van der Waals surface area contributed by atoms with Crippen LogP contribution in [0, 0.1) is 6.92 Å². The van der Waals surface area contributed by atoms with E-state index in [-0.39, 0.29) is 6.04 Å². The van der Waals surface area contributed by atoms with Crippen molar-refractivity contribution in [1.29, 1.82) is 0 Å². The average molecular weight is 265 g/mol. The summed E-state index contributed by atoms with van der Waals surface area (Å²) < 4.78 is 2.04. The molecule has 0 fully saturated rings. The summed E-state index contributed by atoms with van der Waals surface area (Å²) in [7, 11) is 2.01. The summed E-state index contributed by atoms with van der Waals surface area (Å²) in [5.41, 5.74) is 2.51. The molecule has 3 rings (SSSR count). The highest BCUT2D eigenvalue weighted by molar-refractivity contribution is 5.86. The maximum atomic E-state index is 4.39. The molecular formula is C17H19N3. The molecule has 2 aromatic carbocycles. The van der Waals surface area contributed by atoms with Gasteiger partial charge in [-0.1, -0.05) is 42.5 Å². The van der Waals surface area contributed by atoms with E-state index in [4.69, 9.17) is 0 Å². The predicted molar refractivity (Wildman–Crippen MR) is 82.7 cm³/mol. The molecule has 0 amide bonds. The van der Waals surface area contributed by atoms with E-state index in [0.29, 0.717) is 0 Å². The molecule has 3 aromatic rings. The molecule has 0 spiro atoms. The highest BCUT2D eigenvalue weighted by atomic mass is 15.3. The van der Waals surface area contributed by atoms with E-state index in [9.17, 15) is 0 Å². The fourth-order valence-electron chi connectivity index (χ4n) is 2.66. The number of aromatic nitrogens is 2. The van der Waals surface area contributed by atoms with E-state index >= 15 is 0 Å². The van der Waals surface area contributed by atoms with Crippen molar-refractivity contribution >= 4 is 10.8 Å². The van der Waals surface area contributed by atoms with Crippen LogP contribution in [0.2, 0.25) is 0 Å². The minimum atomic E-state index is 0.250. The van der Waals surface area contributed by atoms with Gasteiger partial charge in [0.15, 0.2) is 0 Å². The smallest absolute Gasteiger partial charge is 0.0607 e. The Balaban J connectivity index is 2.01. The minimum absolute atomic E-state index is 0.250. The second kappa shape index (κ2) is 5.47. The first-order chi connectivity index (χ1) is 9.79. The fraction of sp³-hybridized carbons (Fsp3) is 0.235. The number of fused-ring (bicyclic) bond motifs is 1. The van der Waals surface area contributed by atoms with E-state index in [1.165, 1.54) is 22.0 Å². The van der Waals surface area contributed by atoms with Crippen molar-refractivity contribution in [3.8, 4) is 0 Å². The lowest BCUT2D eigenvalue weighted by atomic mass is 9.99. The second-order valence-corrected chi connectivity index (χ2v) is 5.06. The number of nitrogens with one attached hydrogen (secondary N) is 1. The maximum Gasteiger partial charge on any atom is 0.0607 e. The van der Waals surface area contributed by atoms with Crippen LogP contribution in [0.5, 0.6) is 0 Å². The lowest BCUT2D eigenvalue weighted by molar-refractivity contribution is 0.463. The molecule has 0 radical (unpaired) electrons. The Kier molecular flexibility index (Phi) is 3.52. The first-order valence-electron chi connectivity index (χ1n) is 6.93. The topological polar surface area (TPSA) is 29.9 Å². The van der Waals surface area contributed by atoms with Gasteiger partial charge in [0.25, 0.3) is 0 Å². The summed E-state index contributed by atoms with van der Waals surface area (Å²) in [6.45, 7) is 2.92. The van der Waals surface area contributed by atoms with Crippen LogP contribution in [0.25, 0.3) is 10.8 Å². The van der Waals surface area contributed by atoms with Crippen molar-refractivity contribution in [3.63, 3.8) is 0 Å². The van der Waals surface area contributed by atoms with Crippen LogP contribution in [-0.4, -0.2) is 16.8 Å². The van der Waals surface area contributed by atoms with E-state index in [2.05, 4.69) is 59.8 Å². The van der Waals surface area contributed by atoms with Gasteiger partial charge in [-0.15, -0.1) is 0 Å². The quantitative estimate of drug-likeness (QED) is 0.784. The van der Waals surface area contributed by atoms with Gasteiger partial charge in [-0.2, -0.15) is 5.10 Å². The van der Waals surface area contributed by atoms with Gasteiger partial charge >= 0.3 is 0 Å². The summed E-state index contributed by atoms with van der Waals surface area (Å²) in [5.74, 6) is 0. The first kappa shape index (κ1) is 12.9. The van der Waals surface area contributed by atoms with Gasteiger partial charge in [0.2, 0.25) is 0 Å². The highest BCUT2D eigenvalue weighted by Crippen LogP contribution is 2.25. The third kappa shape index (κ3) is 2.32. The molecule has 0 bridgehead atoms. The minimum Gasteiger partial charge on any atom is -0.311 e. The van der Waals surface area contributed by atoms with Crippen molar-refractivity contribution < 1.29 is 0 Å². The van der Waals surface area contributed by atoms with Crippen LogP contribution >= 0.6 is 0 Å². The zero-order valence-corrected chi connectivity index (χ0v) is 11.9. The average Bonchev–Trinajstić information content (AvgIpc) is 2.89. The molecule has 3 heteroatoms. The Labute approximate surface area is 119 Å². The molecular weight excluding hydrogens is 246 g/mol. The third-order valence-electron chi connectivity index (χ3n) is 3.83. The van der Waals surface area contributed by atoms with Crippen LogP contribution in [0.1, 0.15) is 17.3 Å². The molecule has 0 saturated heterocycles. The second-order valence-electron chi connectivity index (χ2n) is 5.06. The largest absolute Gasteiger partial charge is 0.311 e. The zero-order valence-electron chi connectivity index (χ0n) is 11.9. The fourth-order valence-corrected chi connectivity index (χ4v) is 2.66. The number of hydrogen-bond acceptors (Lipinski definition) is 2. The summed E-state index contributed by atoms with van der Waals surface area (Å²) in [4.78, 5) is 0. The van der Waals surface area contributed by atoms with Gasteiger partial charge in [0.05, 0.1) is 12.6 Å². The van der Waals surface area contributed by atoms with Crippen LogP contribution in [-0.2, 0) is 6.54 Å². The molecule has 1 atom stereocenters. The highest BCUT2D eigenvalue weighted by Gasteiger charge is 2.14. The van der Waals surface area contributed by atoms with Crippen LogP contribution in [0.15, 0.2) is 54.7 Å². The van der Waals surface area contributed by atoms with E-state index in [0.717, 1.165) is 6.54 Å². The third-order valence-corrected chi connectivity index (χ3v) is 3.83. The number of benzene rings is 2. The van der Waals surface area contributed by atoms with Crippen molar-refractivity contribution in [2.45, 2.75) is 19.5 Å². The van der Waals surface area contributed by atoms with E-state index < -0.39 is 0 Å². The predicted octanol–water partition coefficient (Wildman–Crippen LogP) is 3.31. The summed E-state index contributed by atoms with van der Waals surface area (Å²) in [6, 6.07) is 17.3. The zero-order chi connectivity index (χ0) is 13.9. The summed E-state index contributed by atoms with van der Waals surface area (Å²) in [5, 5.41) is 10.4. The van der Waals surface area contributed by atoms with Gasteiger partial charge in [0, 0.05) is 11.9 Å². The monoisotopic (exact) mass is 265 g/mol. The lowest BCUT2D eigenvalue weighted by Crippen LogP contribution is -2.23. The molecule has 0 aliphatic heterocycles. The van der Waals surface area contributed by atoms with Crippen molar-refractivity contribution in [2.24, 2.45) is 0 Å². The molecule has 0 aliphatic rings. The van der Waals surface area contributed by atoms with Crippen LogP contribution in [0.4, 0.5) is 0 Å². The van der Waals surface area contributed by atoms with Gasteiger partial charge in [-0.05, 0) is 36.4 Å². The standard InChI is InChI=1S/C17H19N3/c1-13-10-11-19-20(13)12-17(18-2)16-9-5-7-14-6-3-4-8-15(14)16/h3-11,17-18H,12H2,1-2H3. The number of likely N-dealkylation sites (N-methyl/N-ethyl adjacent to an activating group) is 1. The Morgan fingerprint density at radius 2 is 1.90 bits per heavy atom. The van der Waals surface area contributed by atoms with Crippen molar-refractivity contribution in [2.75, 3.05) is 7.05 Å². The molecule has 1 heterocycles. The summed E-state index contributed by atoms with van der Waals surface area (Å²) >= 11 is 0. The van der Waals surface area contributed by atoms with Crippen LogP contribution in [0.3, 0.4) is 0 Å². The van der Waals surface area contributed by atoms with Crippen LogP contribution < -0.4 is 5.32 Å². The number of nitrogens with zero attached hydrogens (tertiary/aromatic N) is 2. The van der Waals surface area contributed by atoms with Crippen molar-refractivity contribution in [3.05, 3.63) is 66.0 Å². The molecule has 1 unspecified atom stereocenters. The van der Waals surface area contributed by atoms with Crippen molar-refractivity contribution in [1.82, 2.24) is 15.1 Å². The Morgan fingerprint density at radius 3 is 2.65 bits per heavy atom. The number of rotatable bonds is 4. The van der Waals surface area contributed by atoms with Gasteiger partial charge < -0.3 is 5.32 Å². The molecule has 0 aliphatic carbocycles. The number of hydrogen-bond donors (Lipinski definition) is 1. The Bertz CT molecular complexity index is 710. The SMILES string of the molecule is CNC(Cn1nccc1C)c1cccc2ccccc12. The van der Waals surface area contributed by atoms with Gasteiger partial charge in [-0.3, -0.25) is 4.68 Å². The maximum absolute atomic E-state index is 4.39. The molecule has 1 N–H and O–H groups in total. The molecule has 1 aromatic heterocycles. The Morgan fingerprint density at radius 1 is 1.10 bits per heavy atom. The normalized spacial score (nSPS) is 12.7. The molecule has 3 nitrogen and oxygen atoms in total. The van der Waals surface area contributed by atoms with Gasteiger partial charge in [-0.25, -0.2) is 0 Å². The molecule has 0 saturated carbocycles. The number of aryl methyl sites for hydroxylation is 1. The van der Waals surface area contributed by atoms with Gasteiger partial charge in [0.1, 0.15) is 0 Å².